The monoisotopic (exact) mass is 314 g/mol. The van der Waals surface area contributed by atoms with Crippen LogP contribution in [-0.4, -0.2) is 18.8 Å². The third kappa shape index (κ3) is 12.8. The Balaban J connectivity index is -0.000000138. The van der Waals surface area contributed by atoms with Crippen LogP contribution >= 0.6 is 0 Å². The van der Waals surface area contributed by atoms with E-state index in [1.165, 1.54) is 0 Å². The van der Waals surface area contributed by atoms with E-state index in [-0.39, 0.29) is 0 Å². The molecule has 0 radical (unpaired) electrons. The Bertz CT molecular complexity index is 409. The molecule has 0 aromatic heterocycles. The Hall–Kier alpha value is -1.66. The van der Waals surface area contributed by atoms with Crippen molar-refractivity contribution < 1.29 is 43.9 Å². The molecule has 6 nitrogen and oxygen atoms in total. The second kappa shape index (κ2) is 26.0. The zero-order valence-electron chi connectivity index (χ0n) is 10.7. The molecule has 20 heavy (non-hydrogen) atoms. The predicted molar refractivity (Wildman–Crippen MR) is 59.8 cm³/mol. The minimum absolute atomic E-state index is 0.743. The van der Waals surface area contributed by atoms with E-state index >= 15 is 0 Å². The van der Waals surface area contributed by atoms with E-state index in [9.17, 15) is 0 Å². The summed E-state index contributed by atoms with van der Waals surface area (Å²) in [5.41, 5.74) is 0.947. The van der Waals surface area contributed by atoms with Gasteiger partial charge in [0.15, 0.2) is 0 Å². The summed E-state index contributed by atoms with van der Waals surface area (Å²) in [5.74, 6) is 0.813. The van der Waals surface area contributed by atoms with Gasteiger partial charge in [0.05, 0.1) is 0 Å². The maximum absolute atomic E-state index is 7.50. The van der Waals surface area contributed by atoms with Gasteiger partial charge in [-0.05, 0) is 0 Å². The summed E-state index contributed by atoms with van der Waals surface area (Å²) >= 11 is 2.83. The molecule has 0 atom stereocenters. The molecule has 0 aliphatic heterocycles. The second-order valence-electron chi connectivity index (χ2n) is 2.19. The van der Waals surface area contributed by atoms with Gasteiger partial charge >= 0.3 is 125 Å². The Kier molecular flexibility index (Phi) is 34.9. The molecule has 7 heteroatoms. The van der Waals surface area contributed by atoms with Gasteiger partial charge in [0, 0.05) is 0 Å². The number of hydrogen-bond acceptors (Lipinski definition) is 2. The van der Waals surface area contributed by atoms with Crippen molar-refractivity contribution in [3.05, 3.63) is 56.4 Å². The third-order valence-corrected chi connectivity index (χ3v) is 2.12. The molecule has 0 amide bonds. The first-order chi connectivity index (χ1) is 9.79. The minimum atomic E-state index is 0.743. The molecule has 0 heterocycles. The second-order valence-corrected chi connectivity index (χ2v) is 2.77. The van der Waals surface area contributed by atoms with Crippen LogP contribution in [-0.2, 0) is 39.2 Å². The summed E-state index contributed by atoms with van der Waals surface area (Å²) in [6, 6.07) is 7.69. The summed E-state index contributed by atoms with van der Waals surface area (Å²) in [6.07, 6.45) is 0. The number of rotatable bonds is 3. The van der Waals surface area contributed by atoms with Crippen LogP contribution in [0.2, 0.25) is 0 Å². The summed E-state index contributed by atoms with van der Waals surface area (Å²) in [7, 11) is 3.26. The van der Waals surface area contributed by atoms with Crippen LogP contribution in [0.15, 0.2) is 24.3 Å². The number of para-hydroxylation sites is 1. The van der Waals surface area contributed by atoms with E-state index in [1.54, 1.807) is 14.2 Å². The van der Waals surface area contributed by atoms with Crippen LogP contribution in [0.1, 0.15) is 5.56 Å². The molecule has 0 fully saturated rings. The van der Waals surface area contributed by atoms with E-state index in [1.807, 2.05) is 24.3 Å². The molecule has 1 aromatic rings. The SMILES string of the molecule is CO[C](=[Cr])c1ccccc1OC.[C-]#[O+].[C-]#[O+].[C-]#[O+].[C-]#[O+]. The molecule has 0 bridgehead atoms. The van der Waals surface area contributed by atoms with Crippen LogP contribution in [0, 0.1) is 26.6 Å². The Morgan fingerprint density at radius 3 is 1.65 bits per heavy atom. The van der Waals surface area contributed by atoms with Gasteiger partial charge in [-0.25, -0.2) is 0 Å². The predicted octanol–water partition coefficient (Wildman–Crippen LogP) is 1.22. The van der Waals surface area contributed by atoms with Gasteiger partial charge in [0.25, 0.3) is 0 Å². The average Bonchev–Trinajstić information content (AvgIpc) is 2.61. The summed E-state index contributed by atoms with van der Waals surface area (Å²) in [5, 5.41) is 0. The first-order valence-corrected chi connectivity index (χ1v) is 4.96. The summed E-state index contributed by atoms with van der Waals surface area (Å²) < 4.78 is 41.0. The maximum atomic E-state index is 7.50. The molecule has 0 saturated heterocycles. The molecular weight excluding hydrogens is 304 g/mol. The Morgan fingerprint density at radius 1 is 0.900 bits per heavy atom. The van der Waals surface area contributed by atoms with Crippen molar-refractivity contribution in [2.24, 2.45) is 0 Å². The standard InChI is InChI=1S/C9H10O2.4CO.Cr/c1-10-7-8-5-3-4-6-9(8)11-2;4*1-2;/h3-6H,1-2H3;;;;;. The van der Waals surface area contributed by atoms with Crippen molar-refractivity contribution in [2.75, 3.05) is 14.2 Å². The third-order valence-electron chi connectivity index (χ3n) is 1.51. The quantitative estimate of drug-likeness (QED) is 0.619. The van der Waals surface area contributed by atoms with Crippen molar-refractivity contribution >= 4 is 4.57 Å². The van der Waals surface area contributed by atoms with Crippen LogP contribution < -0.4 is 4.74 Å². The van der Waals surface area contributed by atoms with Crippen LogP contribution in [0.25, 0.3) is 0 Å². The molecule has 1 aromatic carbocycles. The summed E-state index contributed by atoms with van der Waals surface area (Å²) in [4.78, 5) is 0. The van der Waals surface area contributed by atoms with Crippen LogP contribution in [0.3, 0.4) is 0 Å². The number of benzene rings is 1. The number of methoxy groups -OCH3 is 2. The molecule has 0 saturated carbocycles. The van der Waals surface area contributed by atoms with E-state index in [2.05, 4.69) is 42.5 Å². The Morgan fingerprint density at radius 2 is 1.30 bits per heavy atom. The van der Waals surface area contributed by atoms with Crippen molar-refractivity contribution in [3.8, 4) is 5.75 Å². The van der Waals surface area contributed by atoms with Gasteiger partial charge < -0.3 is 0 Å². The van der Waals surface area contributed by atoms with Gasteiger partial charge in [-0.2, -0.15) is 0 Å². The van der Waals surface area contributed by atoms with Gasteiger partial charge in [-0.15, -0.1) is 0 Å². The summed E-state index contributed by atoms with van der Waals surface area (Å²) in [6.45, 7) is 18.0. The molecule has 0 unspecified atom stereocenters. The average molecular weight is 314 g/mol. The molecular formula is C13H10CrO6. The molecule has 0 aliphatic carbocycles. The van der Waals surface area contributed by atoms with Gasteiger partial charge in [0.2, 0.25) is 0 Å². The van der Waals surface area contributed by atoms with Crippen molar-refractivity contribution in [1.29, 1.82) is 0 Å². The topological polar surface area (TPSA) is 98.1 Å². The van der Waals surface area contributed by atoms with Gasteiger partial charge in [0.1, 0.15) is 0 Å². The van der Waals surface area contributed by atoms with E-state index < -0.39 is 0 Å². The number of hydrogen-bond donors (Lipinski definition) is 0. The molecule has 1 rings (SSSR count). The van der Waals surface area contributed by atoms with Crippen molar-refractivity contribution in [2.45, 2.75) is 0 Å². The van der Waals surface area contributed by atoms with Gasteiger partial charge in [-0.1, -0.05) is 0 Å². The Labute approximate surface area is 125 Å². The fraction of sp³-hybridized carbons (Fsp3) is 0.154. The number of ether oxygens (including phenoxy) is 2. The fourth-order valence-electron chi connectivity index (χ4n) is 0.923. The normalized spacial score (nSPS) is 6.10. The van der Waals surface area contributed by atoms with Crippen molar-refractivity contribution in [1.82, 2.24) is 0 Å². The van der Waals surface area contributed by atoms with E-state index in [4.69, 9.17) is 28.1 Å². The van der Waals surface area contributed by atoms with Gasteiger partial charge in [-0.3, -0.25) is 0 Å². The van der Waals surface area contributed by atoms with E-state index in [0.29, 0.717) is 0 Å². The van der Waals surface area contributed by atoms with E-state index in [0.717, 1.165) is 15.9 Å². The molecule has 104 valence electrons. The fourth-order valence-corrected chi connectivity index (χ4v) is 1.19. The molecule has 0 N–H and O–H groups in total. The zero-order valence-corrected chi connectivity index (χ0v) is 11.9. The van der Waals surface area contributed by atoms with Crippen molar-refractivity contribution in [3.63, 3.8) is 0 Å². The molecule has 0 spiro atoms. The molecule has 0 aliphatic rings. The van der Waals surface area contributed by atoms with Crippen LogP contribution in [0.5, 0.6) is 5.75 Å². The first kappa shape index (κ1) is 26.8. The first-order valence-electron chi connectivity index (χ1n) is 4.32. The van der Waals surface area contributed by atoms with Crippen LogP contribution in [0.4, 0.5) is 0 Å². The zero-order chi connectivity index (χ0) is 17.0.